The standard InChI is InChI=1S/C17H20ClN3O/c1-11-5-6-13(18)8-15(11)20-14-7-12(9-19-10-14)16(22)21-17(2,3)4/h5-10,20H,1-4H3,(H,21,22). The molecule has 1 aromatic heterocycles. The van der Waals surface area contributed by atoms with E-state index >= 15 is 0 Å². The Kier molecular flexibility index (Phi) is 4.71. The van der Waals surface area contributed by atoms with Gasteiger partial charge in [0.25, 0.3) is 5.91 Å². The first-order chi connectivity index (χ1) is 10.2. The Hall–Kier alpha value is -2.07. The second-order valence-corrected chi connectivity index (χ2v) is 6.69. The lowest BCUT2D eigenvalue weighted by molar-refractivity contribution is 0.0919. The highest BCUT2D eigenvalue weighted by atomic mass is 35.5. The lowest BCUT2D eigenvalue weighted by Gasteiger charge is -2.20. The molecule has 0 aliphatic heterocycles. The number of anilines is 2. The summed E-state index contributed by atoms with van der Waals surface area (Å²) in [5, 5.41) is 6.82. The largest absolute Gasteiger partial charge is 0.354 e. The van der Waals surface area contributed by atoms with Gasteiger partial charge >= 0.3 is 0 Å². The second-order valence-electron chi connectivity index (χ2n) is 6.25. The van der Waals surface area contributed by atoms with Gasteiger partial charge in [0.1, 0.15) is 0 Å². The highest BCUT2D eigenvalue weighted by molar-refractivity contribution is 6.30. The SMILES string of the molecule is Cc1ccc(Cl)cc1Nc1cncc(C(=O)NC(C)(C)C)c1. The van der Waals surface area contributed by atoms with E-state index in [1.807, 2.05) is 45.9 Å². The molecule has 5 heteroatoms. The first-order valence-electron chi connectivity index (χ1n) is 7.05. The monoisotopic (exact) mass is 317 g/mol. The molecule has 1 aromatic carbocycles. The third kappa shape index (κ3) is 4.46. The maximum Gasteiger partial charge on any atom is 0.253 e. The van der Waals surface area contributed by atoms with Crippen molar-refractivity contribution in [2.75, 3.05) is 5.32 Å². The normalized spacial score (nSPS) is 11.1. The van der Waals surface area contributed by atoms with Gasteiger partial charge in [0, 0.05) is 22.4 Å². The maximum absolute atomic E-state index is 12.2. The molecular weight excluding hydrogens is 298 g/mol. The number of nitrogens with zero attached hydrogens (tertiary/aromatic N) is 1. The molecule has 0 spiro atoms. The number of amides is 1. The van der Waals surface area contributed by atoms with Gasteiger partial charge in [-0.1, -0.05) is 17.7 Å². The zero-order valence-electron chi connectivity index (χ0n) is 13.2. The van der Waals surface area contributed by atoms with Crippen LogP contribution in [0.15, 0.2) is 36.7 Å². The summed E-state index contributed by atoms with van der Waals surface area (Å²) >= 11 is 6.02. The van der Waals surface area contributed by atoms with Crippen LogP contribution in [0.3, 0.4) is 0 Å². The van der Waals surface area contributed by atoms with E-state index in [0.717, 1.165) is 16.9 Å². The van der Waals surface area contributed by atoms with E-state index in [1.165, 1.54) is 0 Å². The van der Waals surface area contributed by atoms with Crippen LogP contribution in [0.2, 0.25) is 5.02 Å². The molecule has 1 amide bonds. The number of benzene rings is 1. The Morgan fingerprint density at radius 1 is 1.18 bits per heavy atom. The lowest BCUT2D eigenvalue weighted by Crippen LogP contribution is -2.40. The number of aromatic nitrogens is 1. The highest BCUT2D eigenvalue weighted by Gasteiger charge is 2.15. The van der Waals surface area contributed by atoms with Crippen molar-refractivity contribution < 1.29 is 4.79 Å². The van der Waals surface area contributed by atoms with Gasteiger partial charge in [0.15, 0.2) is 0 Å². The van der Waals surface area contributed by atoms with Crippen LogP contribution in [0, 0.1) is 6.92 Å². The van der Waals surface area contributed by atoms with Crippen LogP contribution in [0.4, 0.5) is 11.4 Å². The third-order valence-corrected chi connectivity index (χ3v) is 3.20. The van der Waals surface area contributed by atoms with Gasteiger partial charge in [-0.05, 0) is 51.5 Å². The molecular formula is C17H20ClN3O. The Labute approximate surface area is 135 Å². The Morgan fingerprint density at radius 2 is 1.91 bits per heavy atom. The van der Waals surface area contributed by atoms with Crippen molar-refractivity contribution >= 4 is 28.9 Å². The molecule has 0 saturated heterocycles. The van der Waals surface area contributed by atoms with E-state index < -0.39 is 0 Å². The quantitative estimate of drug-likeness (QED) is 0.886. The average molecular weight is 318 g/mol. The van der Waals surface area contributed by atoms with E-state index in [-0.39, 0.29) is 11.4 Å². The molecule has 2 N–H and O–H groups in total. The van der Waals surface area contributed by atoms with Crippen LogP contribution in [0.1, 0.15) is 36.7 Å². The van der Waals surface area contributed by atoms with E-state index in [0.29, 0.717) is 10.6 Å². The number of carbonyl (C=O) groups is 1. The van der Waals surface area contributed by atoms with Gasteiger partial charge in [-0.3, -0.25) is 9.78 Å². The summed E-state index contributed by atoms with van der Waals surface area (Å²) in [6, 6.07) is 7.40. The fourth-order valence-corrected chi connectivity index (χ4v) is 2.10. The van der Waals surface area contributed by atoms with Crippen molar-refractivity contribution in [3.05, 3.63) is 52.8 Å². The van der Waals surface area contributed by atoms with E-state index in [2.05, 4.69) is 15.6 Å². The number of aryl methyl sites for hydroxylation is 1. The van der Waals surface area contributed by atoms with Crippen molar-refractivity contribution in [2.24, 2.45) is 0 Å². The fourth-order valence-electron chi connectivity index (χ4n) is 1.93. The predicted molar refractivity (Wildman–Crippen MR) is 90.9 cm³/mol. The fraction of sp³-hybridized carbons (Fsp3) is 0.294. The number of nitrogens with one attached hydrogen (secondary N) is 2. The van der Waals surface area contributed by atoms with Crippen molar-refractivity contribution in [3.8, 4) is 0 Å². The minimum atomic E-state index is -0.288. The highest BCUT2D eigenvalue weighted by Crippen LogP contribution is 2.24. The molecule has 1 heterocycles. The van der Waals surface area contributed by atoms with Crippen LogP contribution >= 0.6 is 11.6 Å². The molecule has 0 radical (unpaired) electrons. The summed E-state index contributed by atoms with van der Waals surface area (Å²) in [6.07, 6.45) is 3.23. The van der Waals surface area contributed by atoms with Gasteiger partial charge in [-0.25, -0.2) is 0 Å². The Morgan fingerprint density at radius 3 is 2.59 bits per heavy atom. The lowest BCUT2D eigenvalue weighted by atomic mass is 10.1. The van der Waals surface area contributed by atoms with Gasteiger partial charge in [0.05, 0.1) is 17.4 Å². The van der Waals surface area contributed by atoms with Gasteiger partial charge in [-0.2, -0.15) is 0 Å². The van der Waals surface area contributed by atoms with Crippen LogP contribution < -0.4 is 10.6 Å². The van der Waals surface area contributed by atoms with E-state index in [9.17, 15) is 4.79 Å². The summed E-state index contributed by atoms with van der Waals surface area (Å²) in [5.74, 6) is -0.147. The first kappa shape index (κ1) is 16.3. The smallest absolute Gasteiger partial charge is 0.253 e. The predicted octanol–water partition coefficient (Wildman–Crippen LogP) is 4.32. The number of hydrogen-bond acceptors (Lipinski definition) is 3. The van der Waals surface area contributed by atoms with Crippen LogP contribution in [0.25, 0.3) is 0 Å². The van der Waals surface area contributed by atoms with Crippen LogP contribution in [-0.4, -0.2) is 16.4 Å². The molecule has 2 aromatic rings. The Bertz CT molecular complexity index is 693. The van der Waals surface area contributed by atoms with E-state index in [4.69, 9.17) is 11.6 Å². The summed E-state index contributed by atoms with van der Waals surface area (Å²) in [5.41, 5.74) is 2.92. The van der Waals surface area contributed by atoms with Crippen molar-refractivity contribution in [3.63, 3.8) is 0 Å². The minimum absolute atomic E-state index is 0.147. The van der Waals surface area contributed by atoms with Crippen molar-refractivity contribution in [2.45, 2.75) is 33.2 Å². The third-order valence-electron chi connectivity index (χ3n) is 2.97. The number of halogens is 1. The summed E-state index contributed by atoms with van der Waals surface area (Å²) < 4.78 is 0. The second kappa shape index (κ2) is 6.36. The molecule has 0 unspecified atom stereocenters. The summed E-state index contributed by atoms with van der Waals surface area (Å²) in [6.45, 7) is 7.81. The van der Waals surface area contributed by atoms with Crippen molar-refractivity contribution in [1.29, 1.82) is 0 Å². The molecule has 22 heavy (non-hydrogen) atoms. The van der Waals surface area contributed by atoms with Crippen LogP contribution in [-0.2, 0) is 0 Å². The average Bonchev–Trinajstić information content (AvgIpc) is 2.41. The molecule has 0 bridgehead atoms. The molecule has 0 atom stereocenters. The molecule has 4 nitrogen and oxygen atoms in total. The molecule has 0 fully saturated rings. The number of pyridine rings is 1. The molecule has 0 aliphatic carbocycles. The maximum atomic E-state index is 12.2. The summed E-state index contributed by atoms with van der Waals surface area (Å²) in [4.78, 5) is 16.3. The number of carbonyl (C=O) groups excluding carboxylic acids is 1. The van der Waals surface area contributed by atoms with Gasteiger partial charge in [-0.15, -0.1) is 0 Å². The van der Waals surface area contributed by atoms with E-state index in [1.54, 1.807) is 18.5 Å². The zero-order valence-corrected chi connectivity index (χ0v) is 14.0. The minimum Gasteiger partial charge on any atom is -0.354 e. The topological polar surface area (TPSA) is 54.0 Å². The molecule has 116 valence electrons. The first-order valence-corrected chi connectivity index (χ1v) is 7.43. The van der Waals surface area contributed by atoms with Gasteiger partial charge in [0.2, 0.25) is 0 Å². The molecule has 2 rings (SSSR count). The zero-order chi connectivity index (χ0) is 16.3. The van der Waals surface area contributed by atoms with Crippen LogP contribution in [0.5, 0.6) is 0 Å². The van der Waals surface area contributed by atoms with Crippen molar-refractivity contribution in [1.82, 2.24) is 10.3 Å². The van der Waals surface area contributed by atoms with Gasteiger partial charge < -0.3 is 10.6 Å². The molecule has 0 saturated carbocycles. The summed E-state index contributed by atoms with van der Waals surface area (Å²) in [7, 11) is 0. The molecule has 0 aliphatic rings. The number of hydrogen-bond donors (Lipinski definition) is 2. The number of rotatable bonds is 3. The Balaban J connectivity index is 2.22.